The molecule has 148 valence electrons. The summed E-state index contributed by atoms with van der Waals surface area (Å²) in [5.74, 6) is -0.150. The predicted molar refractivity (Wildman–Crippen MR) is 106 cm³/mol. The van der Waals surface area contributed by atoms with Crippen molar-refractivity contribution in [1.82, 2.24) is 10.6 Å². The summed E-state index contributed by atoms with van der Waals surface area (Å²) in [5.41, 5.74) is 1.13. The molecule has 5 nitrogen and oxygen atoms in total. The first-order valence-corrected chi connectivity index (χ1v) is 10.4. The maximum Gasteiger partial charge on any atom is 0.309 e. The van der Waals surface area contributed by atoms with Crippen molar-refractivity contribution < 1.29 is 14.3 Å². The molecule has 0 spiro atoms. The smallest absolute Gasteiger partial charge is 0.309 e. The molecule has 0 aromatic heterocycles. The van der Waals surface area contributed by atoms with Gasteiger partial charge in [-0.05, 0) is 43.4 Å². The number of hydrogen-bond acceptors (Lipinski definition) is 3. The van der Waals surface area contributed by atoms with Gasteiger partial charge in [-0.15, -0.1) is 0 Å². The van der Waals surface area contributed by atoms with Crippen LogP contribution in [0.3, 0.4) is 0 Å². The molecule has 2 fully saturated rings. The van der Waals surface area contributed by atoms with Crippen LogP contribution in [0.5, 0.6) is 5.75 Å². The molecule has 2 amide bonds. The Labute approximate surface area is 162 Å². The third-order valence-corrected chi connectivity index (χ3v) is 6.25. The van der Waals surface area contributed by atoms with Gasteiger partial charge in [0.1, 0.15) is 5.75 Å². The Morgan fingerprint density at radius 2 is 1.59 bits per heavy atom. The molecule has 2 N–H and O–H groups in total. The lowest BCUT2D eigenvalue weighted by Crippen LogP contribution is -2.48. The summed E-state index contributed by atoms with van der Waals surface area (Å²) >= 11 is 0. The summed E-state index contributed by atoms with van der Waals surface area (Å²) in [7, 11) is 1.66. The second kappa shape index (κ2) is 9.25. The zero-order chi connectivity index (χ0) is 19.1. The van der Waals surface area contributed by atoms with E-state index in [1.807, 2.05) is 12.1 Å². The molecule has 0 saturated heterocycles. The second-order valence-corrected chi connectivity index (χ2v) is 8.06. The minimum Gasteiger partial charge on any atom is -0.497 e. The van der Waals surface area contributed by atoms with Crippen LogP contribution in [0.1, 0.15) is 69.8 Å². The Kier molecular flexibility index (Phi) is 6.75. The molecule has 2 aliphatic carbocycles. The van der Waals surface area contributed by atoms with Crippen LogP contribution < -0.4 is 15.4 Å². The van der Waals surface area contributed by atoms with E-state index in [0.29, 0.717) is 6.54 Å². The van der Waals surface area contributed by atoms with Crippen molar-refractivity contribution >= 4 is 11.8 Å². The lowest BCUT2D eigenvalue weighted by Gasteiger charge is -2.30. The van der Waals surface area contributed by atoms with Crippen LogP contribution >= 0.6 is 0 Å². The van der Waals surface area contributed by atoms with Gasteiger partial charge in [-0.2, -0.15) is 0 Å². The molecule has 2 saturated carbocycles. The molecule has 5 heteroatoms. The molecule has 2 aliphatic rings. The van der Waals surface area contributed by atoms with Crippen molar-refractivity contribution in [3.8, 4) is 5.75 Å². The van der Waals surface area contributed by atoms with E-state index in [9.17, 15) is 9.59 Å². The van der Waals surface area contributed by atoms with Crippen molar-refractivity contribution in [3.63, 3.8) is 0 Å². The van der Waals surface area contributed by atoms with Crippen LogP contribution in [-0.4, -0.2) is 31.5 Å². The molecule has 1 aromatic rings. The number of hydrogen-bond donors (Lipinski definition) is 2. The lowest BCUT2D eigenvalue weighted by atomic mass is 9.78. The minimum atomic E-state index is -0.501. The molecule has 0 heterocycles. The maximum absolute atomic E-state index is 12.4. The second-order valence-electron chi connectivity index (χ2n) is 8.06. The standard InChI is InChI=1S/C22H32N2O3/c1-27-19-12-10-17(11-13-19)22(14-6-7-15-22)16-23-20(25)21(26)24-18-8-4-2-3-5-9-18/h10-13,18H,2-9,14-16H2,1H3,(H,23,25)(H,24,26). The molecule has 0 atom stereocenters. The van der Waals surface area contributed by atoms with Crippen molar-refractivity contribution in [2.45, 2.75) is 75.7 Å². The van der Waals surface area contributed by atoms with Crippen LogP contribution in [0.15, 0.2) is 24.3 Å². The highest BCUT2D eigenvalue weighted by Gasteiger charge is 2.36. The van der Waals surface area contributed by atoms with Gasteiger partial charge < -0.3 is 15.4 Å². The monoisotopic (exact) mass is 372 g/mol. The number of ether oxygens (including phenoxy) is 1. The highest BCUT2D eigenvalue weighted by molar-refractivity contribution is 6.35. The number of methoxy groups -OCH3 is 1. The van der Waals surface area contributed by atoms with Gasteiger partial charge in [0, 0.05) is 18.0 Å². The average molecular weight is 373 g/mol. The first-order valence-electron chi connectivity index (χ1n) is 10.4. The van der Waals surface area contributed by atoms with Crippen molar-refractivity contribution in [3.05, 3.63) is 29.8 Å². The van der Waals surface area contributed by atoms with Gasteiger partial charge in [-0.1, -0.05) is 50.7 Å². The number of amides is 2. The lowest BCUT2D eigenvalue weighted by molar-refractivity contribution is -0.139. The molecule has 1 aromatic carbocycles. The third kappa shape index (κ3) is 5.02. The molecule has 0 aliphatic heterocycles. The van der Waals surface area contributed by atoms with Crippen LogP contribution in [-0.2, 0) is 15.0 Å². The van der Waals surface area contributed by atoms with E-state index in [4.69, 9.17) is 4.74 Å². The van der Waals surface area contributed by atoms with Crippen molar-refractivity contribution in [2.24, 2.45) is 0 Å². The van der Waals surface area contributed by atoms with Gasteiger partial charge in [0.2, 0.25) is 0 Å². The fourth-order valence-electron chi connectivity index (χ4n) is 4.57. The molecule has 0 bridgehead atoms. The number of benzene rings is 1. The van der Waals surface area contributed by atoms with E-state index in [1.54, 1.807) is 7.11 Å². The average Bonchev–Trinajstić information content (AvgIpc) is 3.04. The first kappa shape index (κ1) is 19.7. The van der Waals surface area contributed by atoms with Gasteiger partial charge in [-0.3, -0.25) is 9.59 Å². The van der Waals surface area contributed by atoms with Gasteiger partial charge in [-0.25, -0.2) is 0 Å². The third-order valence-electron chi connectivity index (χ3n) is 6.25. The Morgan fingerprint density at radius 1 is 0.963 bits per heavy atom. The zero-order valence-electron chi connectivity index (χ0n) is 16.4. The zero-order valence-corrected chi connectivity index (χ0v) is 16.4. The van der Waals surface area contributed by atoms with Crippen molar-refractivity contribution in [1.29, 1.82) is 0 Å². The first-order chi connectivity index (χ1) is 13.1. The van der Waals surface area contributed by atoms with Gasteiger partial charge >= 0.3 is 11.8 Å². The predicted octanol–water partition coefficient (Wildman–Crippen LogP) is 3.46. The highest BCUT2D eigenvalue weighted by Crippen LogP contribution is 2.41. The number of carbonyl (C=O) groups is 2. The molecular formula is C22H32N2O3. The van der Waals surface area contributed by atoms with Crippen LogP contribution in [0.25, 0.3) is 0 Å². The fourth-order valence-corrected chi connectivity index (χ4v) is 4.57. The summed E-state index contributed by atoms with van der Waals surface area (Å²) in [6.07, 6.45) is 11.0. The summed E-state index contributed by atoms with van der Waals surface area (Å²) < 4.78 is 5.25. The van der Waals surface area contributed by atoms with Crippen LogP contribution in [0, 0.1) is 0 Å². The van der Waals surface area contributed by atoms with Crippen molar-refractivity contribution in [2.75, 3.05) is 13.7 Å². The Bertz CT molecular complexity index is 627. The Morgan fingerprint density at radius 3 is 2.19 bits per heavy atom. The minimum absolute atomic E-state index is 0.0788. The molecule has 0 unspecified atom stereocenters. The van der Waals surface area contributed by atoms with Gasteiger partial charge in [0.15, 0.2) is 0 Å². The SMILES string of the molecule is COc1ccc(C2(CNC(=O)C(=O)NC3CCCCCC3)CCCC2)cc1. The fraction of sp³-hybridized carbons (Fsp3) is 0.636. The summed E-state index contributed by atoms with van der Waals surface area (Å²) in [6, 6.07) is 8.25. The molecule has 27 heavy (non-hydrogen) atoms. The number of nitrogens with one attached hydrogen (secondary N) is 2. The molecular weight excluding hydrogens is 340 g/mol. The van der Waals surface area contributed by atoms with Crippen LogP contribution in [0.2, 0.25) is 0 Å². The van der Waals surface area contributed by atoms with E-state index in [1.165, 1.54) is 18.4 Å². The normalized spacial score (nSPS) is 19.9. The largest absolute Gasteiger partial charge is 0.497 e. The topological polar surface area (TPSA) is 67.4 Å². The summed E-state index contributed by atoms with van der Waals surface area (Å²) in [5, 5.41) is 5.85. The quantitative estimate of drug-likeness (QED) is 0.614. The van der Waals surface area contributed by atoms with E-state index >= 15 is 0 Å². The van der Waals surface area contributed by atoms with E-state index in [2.05, 4.69) is 22.8 Å². The summed E-state index contributed by atoms with van der Waals surface area (Å²) in [6.45, 7) is 0.510. The number of rotatable bonds is 5. The maximum atomic E-state index is 12.4. The number of carbonyl (C=O) groups excluding carboxylic acids is 2. The van der Waals surface area contributed by atoms with Gasteiger partial charge in [0.25, 0.3) is 0 Å². The van der Waals surface area contributed by atoms with Gasteiger partial charge in [0.05, 0.1) is 7.11 Å². The Balaban J connectivity index is 1.58. The van der Waals surface area contributed by atoms with E-state index in [-0.39, 0.29) is 11.5 Å². The molecule has 0 radical (unpaired) electrons. The molecule has 3 rings (SSSR count). The summed E-state index contributed by atoms with van der Waals surface area (Å²) in [4.78, 5) is 24.7. The van der Waals surface area contributed by atoms with E-state index < -0.39 is 11.8 Å². The van der Waals surface area contributed by atoms with E-state index in [0.717, 1.165) is 57.1 Å². The van der Waals surface area contributed by atoms with Crippen LogP contribution in [0.4, 0.5) is 0 Å². The highest BCUT2D eigenvalue weighted by atomic mass is 16.5. The Hall–Kier alpha value is -2.04.